The second kappa shape index (κ2) is 9.01. The molecule has 4 nitrogen and oxygen atoms in total. The number of esters is 1. The second-order valence-electron chi connectivity index (χ2n) is 10.1. The van der Waals surface area contributed by atoms with Crippen LogP contribution in [0.25, 0.3) is 0 Å². The van der Waals surface area contributed by atoms with Crippen LogP contribution in [0.5, 0.6) is 0 Å². The molecule has 2 fully saturated rings. The summed E-state index contributed by atoms with van der Waals surface area (Å²) in [6.07, 6.45) is 12.3. The van der Waals surface area contributed by atoms with E-state index in [0.717, 1.165) is 37.1 Å². The van der Waals surface area contributed by atoms with E-state index in [1.54, 1.807) is 18.0 Å². The van der Waals surface area contributed by atoms with Gasteiger partial charge in [0.1, 0.15) is 11.4 Å². The van der Waals surface area contributed by atoms with Gasteiger partial charge in [-0.15, -0.1) is 0 Å². The van der Waals surface area contributed by atoms with Crippen molar-refractivity contribution in [3.63, 3.8) is 0 Å². The lowest BCUT2D eigenvalue weighted by molar-refractivity contribution is -0.156. The standard InChI is InChI=1S/C26H36N2O2S/c1-5-10-20(28-15-8-9-16-28)18-21(31-23-11-6-7-14-27-23)24(29)30-22-17-19-12-13-26(22,4)25(19,2)3/h6-9,11,14-16,19-22H,5,10,12-13,17-18H2,1-4H3/t19-,20-,21+,22+,26+/m0/s1. The van der Waals surface area contributed by atoms with Crippen LogP contribution in [0.15, 0.2) is 53.9 Å². The second-order valence-corrected chi connectivity index (χ2v) is 11.3. The lowest BCUT2D eigenvalue weighted by Crippen LogP contribution is -2.40. The van der Waals surface area contributed by atoms with Gasteiger partial charge in [0.2, 0.25) is 0 Å². The van der Waals surface area contributed by atoms with E-state index in [9.17, 15) is 4.79 Å². The molecule has 0 saturated heterocycles. The third-order valence-corrected chi connectivity index (χ3v) is 9.45. The van der Waals surface area contributed by atoms with Gasteiger partial charge >= 0.3 is 5.97 Å². The lowest BCUT2D eigenvalue weighted by atomic mass is 9.70. The third kappa shape index (κ3) is 4.30. The molecule has 168 valence electrons. The maximum atomic E-state index is 13.6. The lowest BCUT2D eigenvalue weighted by Gasteiger charge is -2.39. The zero-order valence-electron chi connectivity index (χ0n) is 19.3. The van der Waals surface area contributed by atoms with E-state index in [-0.39, 0.29) is 34.2 Å². The topological polar surface area (TPSA) is 44.1 Å². The fourth-order valence-electron chi connectivity index (χ4n) is 5.84. The molecule has 0 N–H and O–H groups in total. The average Bonchev–Trinajstić information content (AvgIpc) is 3.40. The molecular formula is C26H36N2O2S. The fourth-order valence-corrected chi connectivity index (χ4v) is 6.88. The molecule has 0 amide bonds. The summed E-state index contributed by atoms with van der Waals surface area (Å²) in [5, 5.41) is 0.617. The first-order valence-electron chi connectivity index (χ1n) is 11.8. The minimum Gasteiger partial charge on any atom is -0.461 e. The first kappa shape index (κ1) is 22.4. The Labute approximate surface area is 191 Å². The molecule has 2 aliphatic rings. The summed E-state index contributed by atoms with van der Waals surface area (Å²) in [5.41, 5.74) is 0.314. The average molecular weight is 441 g/mol. The van der Waals surface area contributed by atoms with Gasteiger partial charge in [-0.3, -0.25) is 4.79 Å². The van der Waals surface area contributed by atoms with Crippen LogP contribution in [-0.2, 0) is 9.53 Å². The van der Waals surface area contributed by atoms with Gasteiger partial charge in [0.25, 0.3) is 0 Å². The van der Waals surface area contributed by atoms with Crippen molar-refractivity contribution in [2.24, 2.45) is 16.7 Å². The number of aromatic nitrogens is 2. The molecule has 2 saturated carbocycles. The number of thioether (sulfide) groups is 1. The summed E-state index contributed by atoms with van der Waals surface area (Å²) in [6.45, 7) is 9.26. The zero-order chi connectivity index (χ0) is 22.1. The van der Waals surface area contributed by atoms with Crippen molar-refractivity contribution in [3.8, 4) is 0 Å². The Hall–Kier alpha value is -1.75. The van der Waals surface area contributed by atoms with Crippen LogP contribution in [0.2, 0.25) is 0 Å². The van der Waals surface area contributed by atoms with Gasteiger partial charge in [-0.1, -0.05) is 51.9 Å². The molecule has 0 spiro atoms. The summed E-state index contributed by atoms with van der Waals surface area (Å²) < 4.78 is 8.56. The highest BCUT2D eigenvalue weighted by Crippen LogP contribution is 2.66. The van der Waals surface area contributed by atoms with E-state index >= 15 is 0 Å². The molecule has 2 aromatic rings. The van der Waals surface area contributed by atoms with Crippen molar-refractivity contribution >= 4 is 17.7 Å². The molecule has 0 radical (unpaired) electrons. The molecular weight excluding hydrogens is 404 g/mol. The molecule has 2 aliphatic carbocycles. The van der Waals surface area contributed by atoms with E-state index in [0.29, 0.717) is 5.92 Å². The first-order chi connectivity index (χ1) is 14.8. The Morgan fingerprint density at radius 2 is 2.03 bits per heavy atom. The van der Waals surface area contributed by atoms with Crippen molar-refractivity contribution in [2.45, 2.75) is 88.6 Å². The molecule has 0 aromatic carbocycles. The fraction of sp³-hybridized carbons (Fsp3) is 0.615. The van der Waals surface area contributed by atoms with Crippen LogP contribution in [0, 0.1) is 16.7 Å². The van der Waals surface area contributed by atoms with Crippen molar-refractivity contribution in [1.82, 2.24) is 9.55 Å². The third-order valence-electron chi connectivity index (χ3n) is 8.29. The van der Waals surface area contributed by atoms with E-state index in [2.05, 4.69) is 61.8 Å². The molecule has 4 rings (SSSR count). The van der Waals surface area contributed by atoms with Crippen LogP contribution in [0.3, 0.4) is 0 Å². The van der Waals surface area contributed by atoms with Crippen LogP contribution < -0.4 is 0 Å². The highest BCUT2D eigenvalue weighted by Gasteiger charge is 2.63. The number of carbonyl (C=O) groups excluding carboxylic acids is 1. The molecule has 0 unspecified atom stereocenters. The van der Waals surface area contributed by atoms with Gasteiger partial charge in [0.05, 0.1) is 5.03 Å². The number of fused-ring (bicyclic) bond motifs is 2. The first-order valence-corrected chi connectivity index (χ1v) is 12.6. The maximum absolute atomic E-state index is 13.6. The summed E-state index contributed by atoms with van der Waals surface area (Å²) in [5.74, 6) is 0.586. The normalized spacial score (nSPS) is 28.4. The number of hydrogen-bond acceptors (Lipinski definition) is 4. The Balaban J connectivity index is 1.53. The van der Waals surface area contributed by atoms with Gasteiger partial charge in [-0.05, 0) is 67.7 Å². The summed E-state index contributed by atoms with van der Waals surface area (Å²) >= 11 is 1.55. The number of hydrogen-bond donors (Lipinski definition) is 0. The van der Waals surface area contributed by atoms with Gasteiger partial charge in [-0.2, -0.15) is 0 Å². The van der Waals surface area contributed by atoms with Gasteiger partial charge in [0.15, 0.2) is 0 Å². The SMILES string of the molecule is CCC[C@@H](C[C@@H](Sc1ccccn1)C(=O)O[C@@H]1C[C@@H]2CC[C@@]1(C)C2(C)C)n1cccc1. The number of nitrogens with zero attached hydrogens (tertiary/aromatic N) is 2. The molecule has 31 heavy (non-hydrogen) atoms. The predicted molar refractivity (Wildman–Crippen MR) is 126 cm³/mol. The molecule has 5 atom stereocenters. The molecule has 2 aromatic heterocycles. The smallest absolute Gasteiger partial charge is 0.319 e. The Kier molecular flexibility index (Phi) is 6.52. The van der Waals surface area contributed by atoms with Gasteiger partial charge in [0, 0.05) is 30.0 Å². The number of carbonyl (C=O) groups is 1. The van der Waals surface area contributed by atoms with Crippen LogP contribution in [0.1, 0.15) is 72.3 Å². The molecule has 5 heteroatoms. The van der Waals surface area contributed by atoms with Crippen molar-refractivity contribution < 1.29 is 9.53 Å². The number of ether oxygens (including phenoxy) is 1. The molecule has 0 aliphatic heterocycles. The highest BCUT2D eigenvalue weighted by molar-refractivity contribution is 8.00. The van der Waals surface area contributed by atoms with Crippen LogP contribution in [-0.4, -0.2) is 26.9 Å². The maximum Gasteiger partial charge on any atom is 0.319 e. The summed E-state index contributed by atoms with van der Waals surface area (Å²) in [4.78, 5) is 18.0. The van der Waals surface area contributed by atoms with Crippen molar-refractivity contribution in [2.75, 3.05) is 0 Å². The van der Waals surface area contributed by atoms with Crippen LogP contribution in [0.4, 0.5) is 0 Å². The Morgan fingerprint density at radius 3 is 2.61 bits per heavy atom. The minimum absolute atomic E-state index is 0.0248. The Bertz CT molecular complexity index is 867. The van der Waals surface area contributed by atoms with Crippen LogP contribution >= 0.6 is 11.8 Å². The zero-order valence-corrected chi connectivity index (χ0v) is 20.1. The number of pyridine rings is 1. The number of rotatable bonds is 9. The van der Waals surface area contributed by atoms with E-state index in [4.69, 9.17) is 4.74 Å². The van der Waals surface area contributed by atoms with E-state index in [1.165, 1.54) is 6.42 Å². The van der Waals surface area contributed by atoms with Gasteiger partial charge < -0.3 is 9.30 Å². The quantitative estimate of drug-likeness (QED) is 0.328. The van der Waals surface area contributed by atoms with E-state index < -0.39 is 0 Å². The highest BCUT2D eigenvalue weighted by atomic mass is 32.2. The predicted octanol–water partition coefficient (Wildman–Crippen LogP) is 6.53. The largest absolute Gasteiger partial charge is 0.461 e. The molecule has 2 bridgehead atoms. The van der Waals surface area contributed by atoms with Crippen molar-refractivity contribution in [1.29, 1.82) is 0 Å². The van der Waals surface area contributed by atoms with Crippen molar-refractivity contribution in [3.05, 3.63) is 48.9 Å². The monoisotopic (exact) mass is 440 g/mol. The Morgan fingerprint density at radius 1 is 1.26 bits per heavy atom. The van der Waals surface area contributed by atoms with E-state index in [1.807, 2.05) is 18.2 Å². The summed E-state index contributed by atoms with van der Waals surface area (Å²) in [7, 11) is 0. The summed E-state index contributed by atoms with van der Waals surface area (Å²) in [6, 6.07) is 10.3. The molecule has 2 heterocycles. The minimum atomic E-state index is -0.264. The van der Waals surface area contributed by atoms with Gasteiger partial charge in [-0.25, -0.2) is 4.98 Å².